The van der Waals surface area contributed by atoms with Crippen LogP contribution in [0.15, 0.2) is 6.20 Å². The molecule has 0 aliphatic heterocycles. The number of carbonyl (C=O) groups is 2. The largest absolute Gasteiger partial charge is 0.479 e. The second-order valence-corrected chi connectivity index (χ2v) is 6.20. The average molecular weight is 297 g/mol. The predicted molar refractivity (Wildman–Crippen MR) is 77.2 cm³/mol. The molecule has 1 atom stereocenters. The Balaban J connectivity index is 2.95. The van der Waals surface area contributed by atoms with E-state index in [2.05, 4.69) is 10.4 Å². The van der Waals surface area contributed by atoms with Gasteiger partial charge in [0.1, 0.15) is 0 Å². The third-order valence-corrected chi connectivity index (χ3v) is 3.14. The van der Waals surface area contributed by atoms with Gasteiger partial charge in [0, 0.05) is 0 Å². The number of aliphatic carboxylic acids is 1. The van der Waals surface area contributed by atoms with E-state index >= 15 is 0 Å². The fraction of sp³-hybridized carbons (Fsp3) is 0.643. The number of amides is 1. The molecule has 7 heteroatoms. The molecule has 1 rings (SSSR count). The van der Waals surface area contributed by atoms with E-state index in [9.17, 15) is 14.7 Å². The lowest BCUT2D eigenvalue weighted by atomic mass is 10.1. The van der Waals surface area contributed by atoms with Crippen molar-refractivity contribution in [3.8, 4) is 0 Å². The van der Waals surface area contributed by atoms with Crippen molar-refractivity contribution in [2.24, 2.45) is 0 Å². The maximum absolute atomic E-state index is 12.2. The molecule has 1 amide bonds. The van der Waals surface area contributed by atoms with Crippen LogP contribution in [0.3, 0.4) is 0 Å². The van der Waals surface area contributed by atoms with Crippen LogP contribution in [0.5, 0.6) is 0 Å². The molecule has 0 bridgehead atoms. The molecule has 0 aliphatic rings. The van der Waals surface area contributed by atoms with E-state index in [1.807, 2.05) is 27.7 Å². The smallest absolute Gasteiger partial charge is 0.337 e. The zero-order valence-corrected chi connectivity index (χ0v) is 13.1. The Morgan fingerprint density at radius 3 is 2.33 bits per heavy atom. The zero-order chi connectivity index (χ0) is 16.4. The van der Waals surface area contributed by atoms with Crippen molar-refractivity contribution in [3.63, 3.8) is 0 Å². The van der Waals surface area contributed by atoms with Crippen molar-refractivity contribution in [2.45, 2.75) is 52.2 Å². The van der Waals surface area contributed by atoms with Crippen molar-refractivity contribution in [1.29, 1.82) is 0 Å². The van der Waals surface area contributed by atoms with E-state index in [4.69, 9.17) is 5.11 Å². The SMILES string of the molecule is CCc1c(C(=O)NCC(C)(O)C(=O)O)cnn1C(C)(C)C. The highest BCUT2D eigenvalue weighted by atomic mass is 16.4. The number of nitrogens with zero attached hydrogens (tertiary/aromatic N) is 2. The summed E-state index contributed by atoms with van der Waals surface area (Å²) in [5.74, 6) is -1.83. The summed E-state index contributed by atoms with van der Waals surface area (Å²) >= 11 is 0. The second kappa shape index (κ2) is 5.85. The van der Waals surface area contributed by atoms with Crippen LogP contribution in [-0.4, -0.2) is 44.0 Å². The number of hydrogen-bond acceptors (Lipinski definition) is 4. The maximum atomic E-state index is 12.2. The number of rotatable bonds is 5. The first-order valence-electron chi connectivity index (χ1n) is 6.82. The van der Waals surface area contributed by atoms with Crippen LogP contribution in [0.2, 0.25) is 0 Å². The highest BCUT2D eigenvalue weighted by Crippen LogP contribution is 2.19. The lowest BCUT2D eigenvalue weighted by molar-refractivity contribution is -0.155. The zero-order valence-electron chi connectivity index (χ0n) is 13.1. The molecule has 0 radical (unpaired) electrons. The molecule has 1 aromatic heterocycles. The Morgan fingerprint density at radius 2 is 1.90 bits per heavy atom. The molecule has 0 aromatic carbocycles. The summed E-state index contributed by atoms with van der Waals surface area (Å²) in [5.41, 5.74) is -1.08. The number of carbonyl (C=O) groups excluding carboxylic acids is 1. The van der Waals surface area contributed by atoms with Gasteiger partial charge < -0.3 is 15.5 Å². The number of nitrogens with one attached hydrogen (secondary N) is 1. The molecule has 0 saturated heterocycles. The second-order valence-electron chi connectivity index (χ2n) is 6.20. The quantitative estimate of drug-likeness (QED) is 0.744. The summed E-state index contributed by atoms with van der Waals surface area (Å²) in [6, 6.07) is 0. The van der Waals surface area contributed by atoms with Gasteiger partial charge in [-0.25, -0.2) is 4.79 Å². The van der Waals surface area contributed by atoms with E-state index in [0.717, 1.165) is 12.6 Å². The van der Waals surface area contributed by atoms with Crippen molar-refractivity contribution in [1.82, 2.24) is 15.1 Å². The molecule has 21 heavy (non-hydrogen) atoms. The Kier molecular flexibility index (Phi) is 4.78. The van der Waals surface area contributed by atoms with Crippen LogP contribution in [0.4, 0.5) is 0 Å². The molecule has 1 unspecified atom stereocenters. The van der Waals surface area contributed by atoms with E-state index < -0.39 is 17.5 Å². The van der Waals surface area contributed by atoms with Gasteiger partial charge in [0.15, 0.2) is 5.60 Å². The highest BCUT2D eigenvalue weighted by Gasteiger charge is 2.31. The molecule has 0 spiro atoms. The molecule has 1 heterocycles. The predicted octanol–water partition coefficient (Wildman–Crippen LogP) is 0.766. The number of carboxylic acid groups (broad SMARTS) is 1. The molecule has 7 nitrogen and oxygen atoms in total. The summed E-state index contributed by atoms with van der Waals surface area (Å²) in [5, 5.41) is 25.1. The van der Waals surface area contributed by atoms with Gasteiger partial charge in [0.05, 0.1) is 29.5 Å². The summed E-state index contributed by atoms with van der Waals surface area (Å²) < 4.78 is 1.78. The minimum Gasteiger partial charge on any atom is -0.479 e. The van der Waals surface area contributed by atoms with E-state index in [-0.39, 0.29) is 12.1 Å². The summed E-state index contributed by atoms with van der Waals surface area (Å²) in [4.78, 5) is 23.0. The number of carboxylic acids is 1. The molecule has 1 aromatic rings. The van der Waals surface area contributed by atoms with Gasteiger partial charge in [-0.1, -0.05) is 6.92 Å². The minimum absolute atomic E-state index is 0.254. The monoisotopic (exact) mass is 297 g/mol. The van der Waals surface area contributed by atoms with Gasteiger partial charge in [-0.3, -0.25) is 9.48 Å². The Morgan fingerprint density at radius 1 is 1.33 bits per heavy atom. The average Bonchev–Trinajstić information content (AvgIpc) is 2.79. The van der Waals surface area contributed by atoms with Gasteiger partial charge in [-0.05, 0) is 34.1 Å². The van der Waals surface area contributed by atoms with Gasteiger partial charge in [0.25, 0.3) is 5.91 Å². The summed E-state index contributed by atoms with van der Waals surface area (Å²) in [6.45, 7) is 8.63. The van der Waals surface area contributed by atoms with Crippen molar-refractivity contribution >= 4 is 11.9 Å². The molecule has 3 N–H and O–H groups in total. The van der Waals surface area contributed by atoms with Crippen molar-refractivity contribution in [3.05, 3.63) is 17.5 Å². The number of hydrogen-bond donors (Lipinski definition) is 3. The Labute approximate surface area is 124 Å². The van der Waals surface area contributed by atoms with E-state index in [1.54, 1.807) is 4.68 Å². The Hall–Kier alpha value is -1.89. The van der Waals surface area contributed by atoms with Crippen molar-refractivity contribution < 1.29 is 19.8 Å². The molecule has 118 valence electrons. The van der Waals surface area contributed by atoms with Gasteiger partial charge in [-0.15, -0.1) is 0 Å². The normalized spacial score (nSPS) is 14.6. The molecule has 0 aliphatic carbocycles. The third kappa shape index (κ3) is 3.81. The first-order valence-corrected chi connectivity index (χ1v) is 6.82. The molecular weight excluding hydrogens is 274 g/mol. The topological polar surface area (TPSA) is 104 Å². The highest BCUT2D eigenvalue weighted by molar-refractivity contribution is 5.95. The van der Waals surface area contributed by atoms with Gasteiger partial charge in [0.2, 0.25) is 0 Å². The summed E-state index contributed by atoms with van der Waals surface area (Å²) in [6.07, 6.45) is 2.09. The molecule has 0 fully saturated rings. The van der Waals surface area contributed by atoms with E-state index in [1.165, 1.54) is 6.20 Å². The lowest BCUT2D eigenvalue weighted by Crippen LogP contribution is -2.46. The third-order valence-electron chi connectivity index (χ3n) is 3.14. The number of aromatic nitrogens is 2. The van der Waals surface area contributed by atoms with Crippen LogP contribution in [0.25, 0.3) is 0 Å². The Bertz CT molecular complexity index is 541. The van der Waals surface area contributed by atoms with E-state index in [0.29, 0.717) is 12.0 Å². The maximum Gasteiger partial charge on any atom is 0.337 e. The van der Waals surface area contributed by atoms with Crippen LogP contribution in [-0.2, 0) is 16.8 Å². The lowest BCUT2D eigenvalue weighted by Gasteiger charge is -2.22. The fourth-order valence-electron chi connectivity index (χ4n) is 1.90. The van der Waals surface area contributed by atoms with Crippen LogP contribution in [0.1, 0.15) is 50.7 Å². The van der Waals surface area contributed by atoms with Crippen LogP contribution < -0.4 is 5.32 Å². The summed E-state index contributed by atoms with van der Waals surface area (Å²) in [7, 11) is 0. The number of aliphatic hydroxyl groups is 1. The first-order chi connectivity index (χ1) is 9.50. The van der Waals surface area contributed by atoms with Crippen LogP contribution in [0, 0.1) is 0 Å². The van der Waals surface area contributed by atoms with Crippen LogP contribution >= 0.6 is 0 Å². The molecule has 0 saturated carbocycles. The van der Waals surface area contributed by atoms with Gasteiger partial charge >= 0.3 is 5.97 Å². The molecular formula is C14H23N3O4. The van der Waals surface area contributed by atoms with Gasteiger partial charge in [-0.2, -0.15) is 5.10 Å². The fourth-order valence-corrected chi connectivity index (χ4v) is 1.90. The first kappa shape index (κ1) is 17.2. The minimum atomic E-state index is -2.00. The van der Waals surface area contributed by atoms with Crippen molar-refractivity contribution in [2.75, 3.05) is 6.54 Å². The standard InChI is InChI=1S/C14H23N3O4/c1-6-10-9(7-16-17(10)13(2,3)4)11(18)15-8-14(5,21)12(19)20/h7,21H,6,8H2,1-5H3,(H,15,18)(H,19,20).